The normalized spacial score (nSPS) is 21.5. The Morgan fingerprint density at radius 2 is 2.00 bits per heavy atom. The van der Waals surface area contributed by atoms with E-state index < -0.39 is 33.5 Å². The predicted molar refractivity (Wildman–Crippen MR) is 107 cm³/mol. The highest BCUT2D eigenvalue weighted by molar-refractivity contribution is 7.86. The van der Waals surface area contributed by atoms with Gasteiger partial charge in [-0.3, -0.25) is 4.18 Å². The number of rotatable bonds is 7. The SMILES string of the molecule is CCc1ccc(S(=O)(=O)O[C@H]2CO[C@](Cn3cncn3)(c3ccc(F)cc3F)C2)cc1. The molecular weight excluding hydrogens is 428 g/mol. The van der Waals surface area contributed by atoms with Crippen molar-refractivity contribution in [3.8, 4) is 0 Å². The van der Waals surface area contributed by atoms with Gasteiger partial charge in [-0.25, -0.2) is 18.4 Å². The van der Waals surface area contributed by atoms with Crippen molar-refractivity contribution in [1.29, 1.82) is 0 Å². The molecule has 1 aliphatic heterocycles. The molecule has 2 atom stereocenters. The van der Waals surface area contributed by atoms with Crippen molar-refractivity contribution in [1.82, 2.24) is 14.8 Å². The Morgan fingerprint density at radius 3 is 2.65 bits per heavy atom. The summed E-state index contributed by atoms with van der Waals surface area (Å²) in [5, 5.41) is 4.03. The first-order valence-corrected chi connectivity index (χ1v) is 11.2. The van der Waals surface area contributed by atoms with Gasteiger partial charge in [0.25, 0.3) is 10.1 Å². The summed E-state index contributed by atoms with van der Waals surface area (Å²) < 4.78 is 66.4. The van der Waals surface area contributed by atoms with E-state index >= 15 is 0 Å². The monoisotopic (exact) mass is 449 g/mol. The molecule has 0 bridgehead atoms. The fourth-order valence-electron chi connectivity index (χ4n) is 3.74. The van der Waals surface area contributed by atoms with E-state index in [4.69, 9.17) is 8.92 Å². The first-order valence-electron chi connectivity index (χ1n) is 9.75. The van der Waals surface area contributed by atoms with E-state index in [1.54, 1.807) is 12.1 Å². The Kier molecular flexibility index (Phi) is 5.87. The second-order valence-electron chi connectivity index (χ2n) is 7.40. The van der Waals surface area contributed by atoms with Gasteiger partial charge < -0.3 is 4.74 Å². The Bertz CT molecular complexity index is 1150. The van der Waals surface area contributed by atoms with Gasteiger partial charge in [-0.1, -0.05) is 25.1 Å². The molecule has 1 aromatic heterocycles. The second-order valence-corrected chi connectivity index (χ2v) is 8.97. The van der Waals surface area contributed by atoms with Crippen molar-refractivity contribution >= 4 is 10.1 Å². The standard InChI is InChI=1S/C21H21F2N3O4S/c1-2-15-3-6-18(7-4-15)31(27,28)30-17-10-21(29-11-17,12-26-14-24-13-25-26)19-8-5-16(22)9-20(19)23/h3-9,13-14,17H,2,10-12H2,1H3/t17-,21-/m1/s1. The van der Waals surface area contributed by atoms with Crippen molar-refractivity contribution < 1.29 is 26.1 Å². The highest BCUT2D eigenvalue weighted by Crippen LogP contribution is 2.41. The first kappa shape index (κ1) is 21.5. The summed E-state index contributed by atoms with van der Waals surface area (Å²) in [4.78, 5) is 3.91. The Balaban J connectivity index is 1.60. The van der Waals surface area contributed by atoms with Crippen molar-refractivity contribution in [2.24, 2.45) is 0 Å². The molecule has 2 aromatic carbocycles. The van der Waals surface area contributed by atoms with Crippen LogP contribution in [0.15, 0.2) is 60.0 Å². The van der Waals surface area contributed by atoms with Gasteiger partial charge in [-0.05, 0) is 30.2 Å². The molecule has 0 aliphatic carbocycles. The fraction of sp³-hybridized carbons (Fsp3) is 0.333. The number of nitrogens with zero attached hydrogens (tertiary/aromatic N) is 3. The molecule has 4 rings (SSSR count). The molecule has 0 unspecified atom stereocenters. The molecule has 1 fully saturated rings. The molecular formula is C21H21F2N3O4S. The van der Waals surface area contributed by atoms with E-state index in [-0.39, 0.29) is 30.0 Å². The minimum atomic E-state index is -4.05. The lowest BCUT2D eigenvalue weighted by atomic mass is 9.89. The van der Waals surface area contributed by atoms with Crippen LogP contribution in [0, 0.1) is 11.6 Å². The van der Waals surface area contributed by atoms with Gasteiger partial charge in [-0.2, -0.15) is 13.5 Å². The smallest absolute Gasteiger partial charge is 0.297 e. The summed E-state index contributed by atoms with van der Waals surface area (Å²) in [5.41, 5.74) is -0.195. The zero-order valence-electron chi connectivity index (χ0n) is 16.7. The van der Waals surface area contributed by atoms with Crippen LogP contribution in [-0.4, -0.2) is 35.9 Å². The summed E-state index contributed by atoms with van der Waals surface area (Å²) in [6, 6.07) is 9.63. The van der Waals surface area contributed by atoms with Crippen LogP contribution in [0.25, 0.3) is 0 Å². The molecule has 0 spiro atoms. The second kappa shape index (κ2) is 8.45. The van der Waals surface area contributed by atoms with Gasteiger partial charge in [-0.15, -0.1) is 0 Å². The minimum absolute atomic E-state index is 0.0295. The minimum Gasteiger partial charge on any atom is -0.365 e. The van der Waals surface area contributed by atoms with Crippen molar-refractivity contribution in [3.05, 3.63) is 77.9 Å². The van der Waals surface area contributed by atoms with Gasteiger partial charge in [0.2, 0.25) is 0 Å². The molecule has 2 heterocycles. The molecule has 0 amide bonds. The summed E-state index contributed by atoms with van der Waals surface area (Å²) in [6.07, 6.45) is 2.71. The average molecular weight is 449 g/mol. The highest BCUT2D eigenvalue weighted by atomic mass is 32.2. The fourth-order valence-corrected chi connectivity index (χ4v) is 4.81. The summed E-state index contributed by atoms with van der Waals surface area (Å²) in [5.74, 6) is -1.51. The summed E-state index contributed by atoms with van der Waals surface area (Å²) >= 11 is 0. The predicted octanol–water partition coefficient (Wildman–Crippen LogP) is 3.21. The number of aromatic nitrogens is 3. The van der Waals surface area contributed by atoms with Crippen LogP contribution in [0.3, 0.4) is 0 Å². The van der Waals surface area contributed by atoms with Crippen molar-refractivity contribution in [3.63, 3.8) is 0 Å². The lowest BCUT2D eigenvalue weighted by Crippen LogP contribution is -2.33. The van der Waals surface area contributed by atoms with Crippen molar-refractivity contribution in [2.45, 2.75) is 42.9 Å². The number of hydrogen-bond donors (Lipinski definition) is 0. The maximum Gasteiger partial charge on any atom is 0.297 e. The van der Waals surface area contributed by atoms with E-state index in [9.17, 15) is 17.2 Å². The zero-order chi connectivity index (χ0) is 22.1. The van der Waals surface area contributed by atoms with Gasteiger partial charge in [0.05, 0.1) is 18.0 Å². The van der Waals surface area contributed by atoms with E-state index in [2.05, 4.69) is 10.1 Å². The highest BCUT2D eigenvalue weighted by Gasteiger charge is 2.46. The van der Waals surface area contributed by atoms with E-state index in [0.717, 1.165) is 24.1 Å². The maximum absolute atomic E-state index is 14.7. The number of ether oxygens (including phenoxy) is 1. The van der Waals surface area contributed by atoms with Gasteiger partial charge >= 0.3 is 0 Å². The van der Waals surface area contributed by atoms with Crippen LogP contribution in [0.2, 0.25) is 0 Å². The molecule has 164 valence electrons. The Morgan fingerprint density at radius 1 is 1.23 bits per heavy atom. The maximum atomic E-state index is 14.7. The van der Waals surface area contributed by atoms with Crippen LogP contribution >= 0.6 is 0 Å². The molecule has 7 nitrogen and oxygen atoms in total. The lowest BCUT2D eigenvalue weighted by molar-refractivity contribution is -0.0212. The van der Waals surface area contributed by atoms with Crippen LogP contribution in [0.5, 0.6) is 0 Å². The Labute approximate surface area is 178 Å². The first-order chi connectivity index (χ1) is 14.8. The molecule has 0 radical (unpaired) electrons. The van der Waals surface area contributed by atoms with Crippen LogP contribution in [-0.2, 0) is 37.6 Å². The average Bonchev–Trinajstić information content (AvgIpc) is 3.38. The number of aryl methyl sites for hydroxylation is 1. The van der Waals surface area contributed by atoms with Gasteiger partial charge in [0.1, 0.15) is 36.0 Å². The third-order valence-electron chi connectivity index (χ3n) is 5.29. The van der Waals surface area contributed by atoms with Gasteiger partial charge in [0, 0.05) is 18.1 Å². The summed E-state index contributed by atoms with van der Waals surface area (Å²) in [7, 11) is -4.05. The third-order valence-corrected chi connectivity index (χ3v) is 6.67. The molecule has 31 heavy (non-hydrogen) atoms. The summed E-state index contributed by atoms with van der Waals surface area (Å²) in [6.45, 7) is 1.94. The molecule has 0 saturated carbocycles. The molecule has 1 saturated heterocycles. The van der Waals surface area contributed by atoms with Crippen LogP contribution in [0.1, 0.15) is 24.5 Å². The third kappa shape index (κ3) is 4.51. The van der Waals surface area contributed by atoms with E-state index in [0.29, 0.717) is 0 Å². The zero-order valence-corrected chi connectivity index (χ0v) is 17.6. The molecule has 10 heteroatoms. The van der Waals surface area contributed by atoms with E-state index in [1.165, 1.54) is 35.5 Å². The molecule has 3 aromatic rings. The van der Waals surface area contributed by atoms with Crippen molar-refractivity contribution in [2.75, 3.05) is 6.61 Å². The lowest BCUT2D eigenvalue weighted by Gasteiger charge is -2.29. The topological polar surface area (TPSA) is 83.3 Å². The number of benzene rings is 2. The molecule has 1 aliphatic rings. The van der Waals surface area contributed by atoms with E-state index in [1.807, 2.05) is 6.92 Å². The Hall–Kier alpha value is -2.69. The van der Waals surface area contributed by atoms with Crippen LogP contribution < -0.4 is 0 Å². The van der Waals surface area contributed by atoms with Crippen LogP contribution in [0.4, 0.5) is 8.78 Å². The number of hydrogen-bond acceptors (Lipinski definition) is 6. The quantitative estimate of drug-likeness (QED) is 0.515. The molecule has 0 N–H and O–H groups in total. The largest absolute Gasteiger partial charge is 0.365 e. The number of halogens is 2. The van der Waals surface area contributed by atoms with Gasteiger partial charge in [0.15, 0.2) is 0 Å².